The van der Waals surface area contributed by atoms with Crippen LogP contribution in [0.25, 0.3) is 0 Å². The molecular weight excluding hydrogens is 276 g/mol. The Balaban J connectivity index is 1.90. The molecule has 4 nitrogen and oxygen atoms in total. The van der Waals surface area contributed by atoms with Gasteiger partial charge in [-0.15, -0.1) is 0 Å². The number of fused-ring (bicyclic) bond motifs is 1. The van der Waals surface area contributed by atoms with Crippen molar-refractivity contribution in [1.82, 2.24) is 5.32 Å². The second-order valence-electron chi connectivity index (χ2n) is 6.62. The molecule has 0 aliphatic carbocycles. The van der Waals surface area contributed by atoms with Crippen LogP contribution in [0.2, 0.25) is 0 Å². The highest BCUT2D eigenvalue weighted by molar-refractivity contribution is 6.00. The molecule has 1 aromatic rings. The Morgan fingerprint density at radius 3 is 2.86 bits per heavy atom. The van der Waals surface area contributed by atoms with Gasteiger partial charge in [0.05, 0.1) is 5.69 Å². The summed E-state index contributed by atoms with van der Waals surface area (Å²) < 4.78 is 5.89. The number of anilines is 1. The fourth-order valence-corrected chi connectivity index (χ4v) is 3.46. The third-order valence-electron chi connectivity index (χ3n) is 4.60. The molecular formula is C18H26N2O2. The van der Waals surface area contributed by atoms with Crippen LogP contribution in [0.5, 0.6) is 5.75 Å². The van der Waals surface area contributed by atoms with Gasteiger partial charge in [-0.25, -0.2) is 0 Å². The zero-order chi connectivity index (χ0) is 15.7. The molecule has 1 fully saturated rings. The molecule has 22 heavy (non-hydrogen) atoms. The summed E-state index contributed by atoms with van der Waals surface area (Å²) in [5.41, 5.74) is 2.20. The van der Waals surface area contributed by atoms with Gasteiger partial charge in [-0.2, -0.15) is 0 Å². The van der Waals surface area contributed by atoms with Gasteiger partial charge in [-0.05, 0) is 63.8 Å². The summed E-state index contributed by atoms with van der Waals surface area (Å²) >= 11 is 0. The lowest BCUT2D eigenvalue weighted by molar-refractivity contribution is -0.126. The predicted molar refractivity (Wildman–Crippen MR) is 88.5 cm³/mol. The molecule has 2 heterocycles. The van der Waals surface area contributed by atoms with Gasteiger partial charge in [0.15, 0.2) is 6.10 Å². The third-order valence-corrected chi connectivity index (χ3v) is 4.60. The highest BCUT2D eigenvalue weighted by Gasteiger charge is 2.34. The lowest BCUT2D eigenvalue weighted by atomic mass is 10.0. The van der Waals surface area contributed by atoms with Crippen LogP contribution in [-0.4, -0.2) is 30.6 Å². The first-order valence-corrected chi connectivity index (χ1v) is 8.46. The first-order valence-electron chi connectivity index (χ1n) is 8.46. The second-order valence-corrected chi connectivity index (χ2v) is 6.62. The minimum absolute atomic E-state index is 0.0844. The maximum absolute atomic E-state index is 12.6. The summed E-state index contributed by atoms with van der Waals surface area (Å²) in [7, 11) is 0. The fraction of sp³-hybridized carbons (Fsp3) is 0.611. The van der Waals surface area contributed by atoms with E-state index in [0.29, 0.717) is 12.5 Å². The molecule has 2 unspecified atom stereocenters. The number of nitrogens with zero attached hydrogens (tertiary/aromatic N) is 1. The van der Waals surface area contributed by atoms with Crippen molar-refractivity contribution in [2.75, 3.05) is 11.4 Å². The molecule has 0 spiro atoms. The second kappa shape index (κ2) is 6.29. The number of nitrogens with one attached hydrogen (secondary N) is 1. The average molecular weight is 302 g/mol. The molecule has 1 N–H and O–H groups in total. The number of hydrogen-bond acceptors (Lipinski definition) is 3. The van der Waals surface area contributed by atoms with Gasteiger partial charge in [0.2, 0.25) is 0 Å². The van der Waals surface area contributed by atoms with E-state index in [-0.39, 0.29) is 18.1 Å². The highest BCUT2D eigenvalue weighted by Crippen LogP contribution is 2.37. The molecule has 0 aromatic heterocycles. The van der Waals surface area contributed by atoms with Gasteiger partial charge in [0.25, 0.3) is 5.91 Å². The lowest BCUT2D eigenvalue weighted by Gasteiger charge is -2.37. The standard InChI is InChI=1S/C18H26N2O2/c1-4-16-18(21)20(12(2)3)15-11-13(7-8-17(15)22-16)10-14-6-5-9-19-14/h7-8,11-12,14,16,19H,4-6,9-10H2,1-3H3. The summed E-state index contributed by atoms with van der Waals surface area (Å²) in [5.74, 6) is 0.921. The van der Waals surface area contributed by atoms with Gasteiger partial charge >= 0.3 is 0 Å². The molecule has 0 radical (unpaired) electrons. The summed E-state index contributed by atoms with van der Waals surface area (Å²) in [4.78, 5) is 14.5. The van der Waals surface area contributed by atoms with E-state index in [0.717, 1.165) is 24.4 Å². The van der Waals surface area contributed by atoms with Crippen molar-refractivity contribution in [2.45, 2.75) is 64.6 Å². The van der Waals surface area contributed by atoms with Crippen LogP contribution >= 0.6 is 0 Å². The van der Waals surface area contributed by atoms with Crippen molar-refractivity contribution < 1.29 is 9.53 Å². The number of carbonyl (C=O) groups is 1. The van der Waals surface area contributed by atoms with Crippen molar-refractivity contribution >= 4 is 11.6 Å². The van der Waals surface area contributed by atoms with Gasteiger partial charge < -0.3 is 15.0 Å². The minimum atomic E-state index is -0.350. The van der Waals surface area contributed by atoms with Crippen molar-refractivity contribution in [3.63, 3.8) is 0 Å². The molecule has 0 saturated carbocycles. The zero-order valence-corrected chi connectivity index (χ0v) is 13.8. The van der Waals surface area contributed by atoms with Crippen molar-refractivity contribution in [3.05, 3.63) is 23.8 Å². The summed E-state index contributed by atoms with van der Waals surface area (Å²) in [6.07, 6.45) is 3.86. The van der Waals surface area contributed by atoms with Crippen LogP contribution < -0.4 is 15.0 Å². The number of carbonyl (C=O) groups excluding carboxylic acids is 1. The maximum Gasteiger partial charge on any atom is 0.268 e. The quantitative estimate of drug-likeness (QED) is 0.930. The van der Waals surface area contributed by atoms with Crippen molar-refractivity contribution in [3.8, 4) is 5.75 Å². The van der Waals surface area contributed by atoms with Crippen LogP contribution in [0.3, 0.4) is 0 Å². The Hall–Kier alpha value is -1.55. The van der Waals surface area contributed by atoms with Crippen molar-refractivity contribution in [2.24, 2.45) is 0 Å². The smallest absolute Gasteiger partial charge is 0.268 e. The van der Waals surface area contributed by atoms with Gasteiger partial charge in [0.1, 0.15) is 5.75 Å². The first kappa shape index (κ1) is 15.3. The molecule has 4 heteroatoms. The summed E-state index contributed by atoms with van der Waals surface area (Å²) in [6.45, 7) is 7.23. The predicted octanol–water partition coefficient (Wildman–Crippen LogP) is 2.89. The summed E-state index contributed by atoms with van der Waals surface area (Å²) in [5, 5.41) is 3.53. The van der Waals surface area contributed by atoms with E-state index >= 15 is 0 Å². The Kier molecular flexibility index (Phi) is 4.39. The van der Waals surface area contributed by atoms with E-state index in [9.17, 15) is 4.79 Å². The number of ether oxygens (including phenoxy) is 1. The van der Waals surface area contributed by atoms with Crippen molar-refractivity contribution in [1.29, 1.82) is 0 Å². The molecule has 2 atom stereocenters. The van der Waals surface area contributed by atoms with E-state index < -0.39 is 0 Å². The number of amides is 1. The monoisotopic (exact) mass is 302 g/mol. The van der Waals surface area contributed by atoms with Crippen LogP contribution in [0.4, 0.5) is 5.69 Å². The van der Waals surface area contributed by atoms with E-state index in [4.69, 9.17) is 4.74 Å². The minimum Gasteiger partial charge on any atom is -0.478 e. The fourth-order valence-electron chi connectivity index (χ4n) is 3.46. The van der Waals surface area contributed by atoms with Crippen LogP contribution in [0, 0.1) is 0 Å². The molecule has 1 saturated heterocycles. The number of benzene rings is 1. The molecule has 0 bridgehead atoms. The van der Waals surface area contributed by atoms with E-state index in [1.807, 2.05) is 17.9 Å². The SMILES string of the molecule is CCC1Oc2ccc(CC3CCCN3)cc2N(C(C)C)C1=O. The molecule has 120 valence electrons. The third kappa shape index (κ3) is 2.84. The highest BCUT2D eigenvalue weighted by atomic mass is 16.5. The van der Waals surface area contributed by atoms with Gasteiger partial charge in [-0.1, -0.05) is 13.0 Å². The Morgan fingerprint density at radius 2 is 2.23 bits per heavy atom. The van der Waals surface area contributed by atoms with Crippen LogP contribution in [0.15, 0.2) is 18.2 Å². The van der Waals surface area contributed by atoms with Gasteiger partial charge in [-0.3, -0.25) is 4.79 Å². The molecule has 1 aromatic carbocycles. The Bertz CT molecular complexity index is 550. The van der Waals surface area contributed by atoms with E-state index in [2.05, 4.69) is 31.3 Å². The topological polar surface area (TPSA) is 41.6 Å². The van der Waals surface area contributed by atoms with E-state index in [1.165, 1.54) is 18.4 Å². The largest absolute Gasteiger partial charge is 0.478 e. The number of rotatable bonds is 4. The molecule has 1 amide bonds. The first-order chi connectivity index (χ1) is 10.6. The average Bonchev–Trinajstić information content (AvgIpc) is 2.99. The van der Waals surface area contributed by atoms with Crippen LogP contribution in [-0.2, 0) is 11.2 Å². The van der Waals surface area contributed by atoms with Crippen LogP contribution in [0.1, 0.15) is 45.6 Å². The lowest BCUT2D eigenvalue weighted by Crippen LogP contribution is -2.48. The number of hydrogen-bond donors (Lipinski definition) is 1. The molecule has 2 aliphatic rings. The molecule has 3 rings (SSSR count). The Morgan fingerprint density at radius 1 is 1.41 bits per heavy atom. The Labute approximate surface area is 132 Å². The normalized spacial score (nSPS) is 24.5. The van der Waals surface area contributed by atoms with E-state index in [1.54, 1.807) is 0 Å². The zero-order valence-electron chi connectivity index (χ0n) is 13.8. The summed E-state index contributed by atoms with van der Waals surface area (Å²) in [6, 6.07) is 7.02. The van der Waals surface area contributed by atoms with Gasteiger partial charge in [0, 0.05) is 12.1 Å². The maximum atomic E-state index is 12.6. The molecule has 2 aliphatic heterocycles.